The lowest BCUT2D eigenvalue weighted by molar-refractivity contribution is -0.117. The molecule has 0 spiro atoms. The number of aromatic nitrogens is 3. The quantitative estimate of drug-likeness (QED) is 0.752. The molecule has 3 aromatic rings. The second-order valence-corrected chi connectivity index (χ2v) is 7.97. The zero-order valence-corrected chi connectivity index (χ0v) is 16.3. The Bertz CT molecular complexity index is 1070. The first-order chi connectivity index (χ1) is 12.9. The van der Waals surface area contributed by atoms with Gasteiger partial charge in [0.05, 0.1) is 0 Å². The third kappa shape index (κ3) is 3.44. The van der Waals surface area contributed by atoms with Crippen LogP contribution in [0.4, 0.5) is 10.8 Å². The van der Waals surface area contributed by atoms with Crippen LogP contribution >= 0.6 is 11.3 Å². The van der Waals surface area contributed by atoms with Gasteiger partial charge in [0.2, 0.25) is 16.0 Å². The smallest absolute Gasteiger partial charge is 0.275 e. The third-order valence-corrected chi connectivity index (χ3v) is 5.60. The minimum Gasteiger partial charge on any atom is -0.335 e. The Kier molecular flexibility index (Phi) is 4.43. The first kappa shape index (κ1) is 17.7. The SMILES string of the molecule is Cc1cc(C)cc(NC(=O)C2CCCN2c2nn3c(=O)cc(C)nc3s2)c1. The number of aryl methyl sites for hydroxylation is 3. The molecule has 1 aromatic carbocycles. The van der Waals surface area contributed by atoms with Crippen LogP contribution in [-0.4, -0.2) is 33.1 Å². The zero-order valence-electron chi connectivity index (χ0n) is 15.5. The van der Waals surface area contributed by atoms with E-state index >= 15 is 0 Å². The fraction of sp³-hybridized carbons (Fsp3) is 0.368. The number of fused-ring (bicyclic) bond motifs is 1. The molecule has 0 radical (unpaired) electrons. The number of nitrogens with one attached hydrogen (secondary N) is 1. The van der Waals surface area contributed by atoms with Crippen LogP contribution < -0.4 is 15.8 Å². The predicted octanol–water partition coefficient (Wildman–Crippen LogP) is 2.68. The van der Waals surface area contributed by atoms with Gasteiger partial charge in [0.1, 0.15) is 6.04 Å². The molecule has 1 N–H and O–H groups in total. The Morgan fingerprint density at radius 1 is 1.19 bits per heavy atom. The maximum atomic E-state index is 12.9. The monoisotopic (exact) mass is 383 g/mol. The van der Waals surface area contributed by atoms with Crippen LogP contribution in [0.1, 0.15) is 29.7 Å². The predicted molar refractivity (Wildman–Crippen MR) is 107 cm³/mol. The molecule has 2 aromatic heterocycles. The van der Waals surface area contributed by atoms with E-state index in [-0.39, 0.29) is 17.5 Å². The standard InChI is InChI=1S/C19H21N5O2S/c1-11-7-12(2)9-14(8-11)21-17(26)15-5-4-6-23(15)19-22-24-16(25)10-13(3)20-18(24)27-19/h7-10,15H,4-6H2,1-3H3,(H,21,26). The Labute approximate surface area is 160 Å². The number of carbonyl (C=O) groups is 1. The van der Waals surface area contributed by atoms with E-state index in [1.165, 1.54) is 21.9 Å². The van der Waals surface area contributed by atoms with Crippen molar-refractivity contribution in [3.63, 3.8) is 0 Å². The van der Waals surface area contributed by atoms with Crippen molar-refractivity contribution < 1.29 is 4.79 Å². The number of hydrogen-bond donors (Lipinski definition) is 1. The van der Waals surface area contributed by atoms with Gasteiger partial charge in [-0.3, -0.25) is 9.59 Å². The largest absolute Gasteiger partial charge is 0.335 e. The normalized spacial score (nSPS) is 16.9. The van der Waals surface area contributed by atoms with Gasteiger partial charge in [0.25, 0.3) is 5.56 Å². The van der Waals surface area contributed by atoms with E-state index in [0.717, 1.165) is 36.2 Å². The van der Waals surface area contributed by atoms with Gasteiger partial charge >= 0.3 is 0 Å². The second-order valence-electron chi connectivity index (χ2n) is 7.03. The van der Waals surface area contributed by atoms with Crippen molar-refractivity contribution in [2.75, 3.05) is 16.8 Å². The fourth-order valence-electron chi connectivity index (χ4n) is 3.57. The molecule has 7 nitrogen and oxygen atoms in total. The Balaban J connectivity index is 1.61. The first-order valence-corrected chi connectivity index (χ1v) is 9.76. The van der Waals surface area contributed by atoms with Crippen LogP contribution in [0.25, 0.3) is 4.96 Å². The lowest BCUT2D eigenvalue weighted by Crippen LogP contribution is -2.39. The molecule has 0 bridgehead atoms. The summed E-state index contributed by atoms with van der Waals surface area (Å²) in [5, 5.41) is 8.10. The molecule has 8 heteroatoms. The average Bonchev–Trinajstić information content (AvgIpc) is 3.19. The average molecular weight is 383 g/mol. The Hall–Kier alpha value is -2.74. The van der Waals surface area contributed by atoms with E-state index in [9.17, 15) is 9.59 Å². The fourth-order valence-corrected chi connectivity index (χ4v) is 4.60. The number of anilines is 2. The third-order valence-electron chi connectivity index (χ3n) is 4.65. The van der Waals surface area contributed by atoms with Gasteiger partial charge in [-0.25, -0.2) is 4.98 Å². The van der Waals surface area contributed by atoms with Crippen LogP contribution in [0.2, 0.25) is 0 Å². The van der Waals surface area contributed by atoms with Gasteiger partial charge in [-0.1, -0.05) is 17.4 Å². The molecule has 1 fully saturated rings. The van der Waals surface area contributed by atoms with Gasteiger partial charge in [-0.15, -0.1) is 5.10 Å². The molecule has 4 rings (SSSR count). The molecule has 1 saturated heterocycles. The van der Waals surface area contributed by atoms with Crippen LogP contribution in [0.3, 0.4) is 0 Å². The summed E-state index contributed by atoms with van der Waals surface area (Å²) in [6, 6.07) is 7.17. The van der Waals surface area contributed by atoms with Crippen molar-refractivity contribution in [3.05, 3.63) is 51.4 Å². The van der Waals surface area contributed by atoms with Crippen molar-refractivity contribution in [2.45, 2.75) is 39.7 Å². The number of nitrogens with zero attached hydrogens (tertiary/aromatic N) is 4. The molecular formula is C19H21N5O2S. The molecule has 1 aliphatic rings. The number of carbonyl (C=O) groups excluding carboxylic acids is 1. The minimum absolute atomic E-state index is 0.0479. The summed E-state index contributed by atoms with van der Waals surface area (Å²) in [7, 11) is 0. The summed E-state index contributed by atoms with van der Waals surface area (Å²) in [5.41, 5.74) is 3.50. The molecular weight excluding hydrogens is 362 g/mol. The summed E-state index contributed by atoms with van der Waals surface area (Å²) in [6.45, 7) is 6.55. The van der Waals surface area contributed by atoms with Gasteiger partial charge in [0.15, 0.2) is 0 Å². The van der Waals surface area contributed by atoms with E-state index in [0.29, 0.717) is 15.8 Å². The van der Waals surface area contributed by atoms with E-state index in [1.807, 2.05) is 30.9 Å². The van der Waals surface area contributed by atoms with Crippen LogP contribution in [0.5, 0.6) is 0 Å². The molecule has 0 saturated carbocycles. The van der Waals surface area contributed by atoms with Crippen LogP contribution in [0.15, 0.2) is 29.1 Å². The van der Waals surface area contributed by atoms with Gasteiger partial charge in [-0.05, 0) is 56.9 Å². The van der Waals surface area contributed by atoms with Gasteiger partial charge in [-0.2, -0.15) is 4.52 Å². The molecule has 140 valence electrons. The maximum Gasteiger partial charge on any atom is 0.275 e. The molecule has 1 atom stereocenters. The number of amides is 1. The summed E-state index contributed by atoms with van der Waals surface area (Å²) in [5.74, 6) is -0.0479. The topological polar surface area (TPSA) is 79.6 Å². The van der Waals surface area contributed by atoms with Crippen molar-refractivity contribution in [1.29, 1.82) is 0 Å². The van der Waals surface area contributed by atoms with E-state index in [1.54, 1.807) is 6.92 Å². The van der Waals surface area contributed by atoms with Gasteiger partial charge < -0.3 is 10.2 Å². The molecule has 1 unspecified atom stereocenters. The molecule has 1 amide bonds. The van der Waals surface area contributed by atoms with Crippen LogP contribution in [0, 0.1) is 20.8 Å². The highest BCUT2D eigenvalue weighted by Gasteiger charge is 2.33. The van der Waals surface area contributed by atoms with E-state index in [4.69, 9.17) is 0 Å². The zero-order chi connectivity index (χ0) is 19.1. The number of hydrogen-bond acceptors (Lipinski definition) is 6. The Morgan fingerprint density at radius 2 is 1.93 bits per heavy atom. The summed E-state index contributed by atoms with van der Waals surface area (Å²) in [4.78, 5) is 31.9. The first-order valence-electron chi connectivity index (χ1n) is 8.94. The molecule has 1 aliphatic heterocycles. The summed E-state index contributed by atoms with van der Waals surface area (Å²) in [6.07, 6.45) is 1.66. The lowest BCUT2D eigenvalue weighted by Gasteiger charge is -2.22. The van der Waals surface area contributed by atoms with Crippen molar-refractivity contribution in [3.8, 4) is 0 Å². The van der Waals surface area contributed by atoms with Gasteiger partial charge in [0, 0.05) is 24.0 Å². The highest BCUT2D eigenvalue weighted by Crippen LogP contribution is 2.29. The van der Waals surface area contributed by atoms with Crippen LogP contribution in [-0.2, 0) is 4.79 Å². The van der Waals surface area contributed by atoms with Crippen molar-refractivity contribution >= 4 is 33.0 Å². The maximum absolute atomic E-state index is 12.9. The summed E-state index contributed by atoms with van der Waals surface area (Å²) >= 11 is 1.34. The van der Waals surface area contributed by atoms with E-state index < -0.39 is 0 Å². The minimum atomic E-state index is -0.303. The number of rotatable bonds is 3. The van der Waals surface area contributed by atoms with Crippen molar-refractivity contribution in [2.24, 2.45) is 0 Å². The lowest BCUT2D eigenvalue weighted by atomic mass is 10.1. The molecule has 0 aliphatic carbocycles. The second kappa shape index (κ2) is 6.77. The Morgan fingerprint density at radius 3 is 2.67 bits per heavy atom. The molecule has 3 heterocycles. The number of benzene rings is 1. The van der Waals surface area contributed by atoms with E-state index in [2.05, 4.69) is 21.5 Å². The summed E-state index contributed by atoms with van der Waals surface area (Å²) < 4.78 is 1.31. The van der Waals surface area contributed by atoms with Crippen molar-refractivity contribution in [1.82, 2.24) is 14.6 Å². The highest BCUT2D eigenvalue weighted by molar-refractivity contribution is 7.20. The highest BCUT2D eigenvalue weighted by atomic mass is 32.1. The molecule has 27 heavy (non-hydrogen) atoms.